The van der Waals surface area contributed by atoms with Crippen molar-refractivity contribution in [3.8, 4) is 5.75 Å². The minimum atomic E-state index is -0.814. The average Bonchev–Trinajstić information content (AvgIpc) is 2.01. The van der Waals surface area contributed by atoms with Crippen molar-refractivity contribution < 1.29 is 13.5 Å². The predicted octanol–water partition coefficient (Wildman–Crippen LogP) is 1.63. The molecule has 0 aliphatic heterocycles. The third-order valence-electron chi connectivity index (χ3n) is 1.47. The maximum absolute atomic E-state index is 13.1. The number of nitrogens with two attached hydrogens (primary N) is 1. The molecule has 0 aliphatic rings. The number of hydrogen-bond donors (Lipinski definition) is 2. The van der Waals surface area contributed by atoms with Gasteiger partial charge in [-0.25, -0.2) is 8.78 Å². The largest absolute Gasteiger partial charge is 0.492 e. The minimum Gasteiger partial charge on any atom is -0.492 e. The lowest BCUT2D eigenvalue weighted by atomic mass is 10.2. The smallest absolute Gasteiger partial charge is 0.178 e. The number of hydrogen-bond acceptors (Lipinski definition) is 2. The Labute approximate surface area is 84.9 Å². The van der Waals surface area contributed by atoms with E-state index in [1.165, 1.54) is 7.11 Å². The topological polar surface area (TPSA) is 47.3 Å². The number of halogens is 2. The molecule has 3 nitrogen and oxygen atoms in total. The monoisotopic (exact) mass is 218 g/mol. The number of thiocarbonyl (C=S) groups is 1. The third-order valence-corrected chi connectivity index (χ3v) is 1.57. The van der Waals surface area contributed by atoms with E-state index < -0.39 is 11.6 Å². The van der Waals surface area contributed by atoms with Crippen molar-refractivity contribution in [1.29, 1.82) is 0 Å². The zero-order valence-electron chi connectivity index (χ0n) is 7.30. The summed E-state index contributed by atoms with van der Waals surface area (Å²) in [5.41, 5.74) is 5.24. The first kappa shape index (κ1) is 10.6. The maximum atomic E-state index is 13.1. The summed E-state index contributed by atoms with van der Waals surface area (Å²) in [5.74, 6) is -1.67. The van der Waals surface area contributed by atoms with Gasteiger partial charge in [0, 0.05) is 12.1 Å². The van der Waals surface area contributed by atoms with Crippen LogP contribution in [0.1, 0.15) is 0 Å². The second-order valence-electron chi connectivity index (χ2n) is 2.46. The average molecular weight is 218 g/mol. The van der Waals surface area contributed by atoms with Crippen LogP contribution < -0.4 is 15.8 Å². The van der Waals surface area contributed by atoms with Gasteiger partial charge in [0.2, 0.25) is 0 Å². The lowest BCUT2D eigenvalue weighted by Crippen LogP contribution is -2.19. The molecule has 0 aromatic heterocycles. The van der Waals surface area contributed by atoms with Gasteiger partial charge in [-0.05, 0) is 12.2 Å². The highest BCUT2D eigenvalue weighted by molar-refractivity contribution is 7.80. The van der Waals surface area contributed by atoms with Crippen LogP contribution in [0.25, 0.3) is 0 Å². The summed E-state index contributed by atoms with van der Waals surface area (Å²) in [7, 11) is 1.26. The first-order valence-corrected chi connectivity index (χ1v) is 4.05. The van der Waals surface area contributed by atoms with Crippen molar-refractivity contribution in [1.82, 2.24) is 0 Å². The van der Waals surface area contributed by atoms with E-state index in [-0.39, 0.29) is 16.5 Å². The molecule has 3 N–H and O–H groups in total. The molecule has 76 valence electrons. The van der Waals surface area contributed by atoms with Crippen LogP contribution >= 0.6 is 12.2 Å². The molecule has 1 aromatic rings. The van der Waals surface area contributed by atoms with Gasteiger partial charge in [0.1, 0.15) is 5.82 Å². The first-order chi connectivity index (χ1) is 6.54. The molecule has 0 bridgehead atoms. The maximum Gasteiger partial charge on any atom is 0.178 e. The Morgan fingerprint density at radius 3 is 2.64 bits per heavy atom. The standard InChI is InChI=1S/C8H8F2N2OS/c1-13-7-5(10)2-4(9)3-6(7)12-8(11)14/h2-3H,1H3,(H3,11,12,14). The molecule has 6 heteroatoms. The zero-order valence-corrected chi connectivity index (χ0v) is 8.12. The molecule has 1 rings (SSSR count). The van der Waals surface area contributed by atoms with E-state index in [2.05, 4.69) is 17.5 Å². The first-order valence-electron chi connectivity index (χ1n) is 3.64. The van der Waals surface area contributed by atoms with Gasteiger partial charge in [0.25, 0.3) is 0 Å². The molecule has 0 fully saturated rings. The zero-order chi connectivity index (χ0) is 10.7. The summed E-state index contributed by atoms with van der Waals surface area (Å²) in [4.78, 5) is 0. The van der Waals surface area contributed by atoms with Gasteiger partial charge < -0.3 is 15.8 Å². The van der Waals surface area contributed by atoms with E-state index in [4.69, 9.17) is 10.5 Å². The summed E-state index contributed by atoms with van der Waals surface area (Å²) in [5, 5.41) is 2.32. The highest BCUT2D eigenvalue weighted by Gasteiger charge is 2.11. The fourth-order valence-electron chi connectivity index (χ4n) is 0.993. The van der Waals surface area contributed by atoms with E-state index in [1.807, 2.05) is 0 Å². The van der Waals surface area contributed by atoms with E-state index in [1.54, 1.807) is 0 Å². The lowest BCUT2D eigenvalue weighted by Gasteiger charge is -2.10. The molecule has 0 amide bonds. The molecular formula is C8H8F2N2OS. The normalized spacial score (nSPS) is 9.64. The van der Waals surface area contributed by atoms with Crippen LogP contribution in [0.15, 0.2) is 12.1 Å². The van der Waals surface area contributed by atoms with E-state index in [0.29, 0.717) is 6.07 Å². The van der Waals surface area contributed by atoms with Gasteiger partial charge >= 0.3 is 0 Å². The van der Waals surface area contributed by atoms with Crippen molar-refractivity contribution in [2.45, 2.75) is 0 Å². The molecule has 0 saturated carbocycles. The van der Waals surface area contributed by atoms with Crippen LogP contribution in [0.2, 0.25) is 0 Å². The second kappa shape index (κ2) is 4.19. The Balaban J connectivity index is 3.17. The molecule has 0 unspecified atom stereocenters. The molecule has 0 spiro atoms. The van der Waals surface area contributed by atoms with E-state index in [9.17, 15) is 8.78 Å². The van der Waals surface area contributed by atoms with Crippen LogP contribution in [0.3, 0.4) is 0 Å². The molecule has 1 aromatic carbocycles. The van der Waals surface area contributed by atoms with Crippen molar-refractivity contribution in [2.24, 2.45) is 5.73 Å². The van der Waals surface area contributed by atoms with Crippen LogP contribution in [0.4, 0.5) is 14.5 Å². The Kier molecular flexibility index (Phi) is 3.19. The number of nitrogens with one attached hydrogen (secondary N) is 1. The molecule has 0 aliphatic carbocycles. The number of rotatable bonds is 2. The fraction of sp³-hybridized carbons (Fsp3) is 0.125. The fourth-order valence-corrected chi connectivity index (χ4v) is 1.10. The van der Waals surface area contributed by atoms with Crippen molar-refractivity contribution >= 4 is 23.0 Å². The molecule has 0 atom stereocenters. The van der Waals surface area contributed by atoms with Gasteiger partial charge in [0.05, 0.1) is 12.8 Å². The van der Waals surface area contributed by atoms with Crippen molar-refractivity contribution in [2.75, 3.05) is 12.4 Å². The SMILES string of the molecule is COc1c(F)cc(F)cc1NC(N)=S. The Morgan fingerprint density at radius 1 is 1.50 bits per heavy atom. The summed E-state index contributed by atoms with van der Waals surface area (Å²) in [6, 6.07) is 1.75. The molecular weight excluding hydrogens is 210 g/mol. The highest BCUT2D eigenvalue weighted by Crippen LogP contribution is 2.28. The van der Waals surface area contributed by atoms with Crippen molar-refractivity contribution in [3.05, 3.63) is 23.8 Å². The second-order valence-corrected chi connectivity index (χ2v) is 2.90. The summed E-state index contributed by atoms with van der Waals surface area (Å²) >= 11 is 4.54. The number of methoxy groups -OCH3 is 1. The highest BCUT2D eigenvalue weighted by atomic mass is 32.1. The Hall–Kier alpha value is -1.43. The van der Waals surface area contributed by atoms with Gasteiger partial charge in [-0.1, -0.05) is 0 Å². The van der Waals surface area contributed by atoms with Gasteiger partial charge in [0.15, 0.2) is 16.7 Å². The van der Waals surface area contributed by atoms with Crippen LogP contribution in [0.5, 0.6) is 5.75 Å². The van der Waals surface area contributed by atoms with E-state index >= 15 is 0 Å². The molecule has 0 radical (unpaired) electrons. The predicted molar refractivity (Wildman–Crippen MR) is 53.3 cm³/mol. The minimum absolute atomic E-state index is 0.0671. The van der Waals surface area contributed by atoms with Gasteiger partial charge in [-0.3, -0.25) is 0 Å². The Bertz CT molecular complexity index is 371. The molecule has 14 heavy (non-hydrogen) atoms. The number of ether oxygens (including phenoxy) is 1. The molecule has 0 saturated heterocycles. The number of benzene rings is 1. The quantitative estimate of drug-likeness (QED) is 0.741. The third kappa shape index (κ3) is 2.29. The van der Waals surface area contributed by atoms with Gasteiger partial charge in [-0.15, -0.1) is 0 Å². The lowest BCUT2D eigenvalue weighted by molar-refractivity contribution is 0.386. The van der Waals surface area contributed by atoms with Crippen LogP contribution in [-0.2, 0) is 0 Å². The summed E-state index contributed by atoms with van der Waals surface area (Å²) in [6.45, 7) is 0. The molecule has 0 heterocycles. The van der Waals surface area contributed by atoms with Crippen molar-refractivity contribution in [3.63, 3.8) is 0 Å². The van der Waals surface area contributed by atoms with Crippen LogP contribution in [0, 0.1) is 11.6 Å². The van der Waals surface area contributed by atoms with E-state index in [0.717, 1.165) is 6.07 Å². The van der Waals surface area contributed by atoms with Crippen LogP contribution in [-0.4, -0.2) is 12.2 Å². The Morgan fingerprint density at radius 2 is 2.14 bits per heavy atom. The number of anilines is 1. The summed E-state index contributed by atoms with van der Waals surface area (Å²) in [6.07, 6.45) is 0. The van der Waals surface area contributed by atoms with Gasteiger partial charge in [-0.2, -0.15) is 0 Å². The summed E-state index contributed by atoms with van der Waals surface area (Å²) < 4.78 is 30.6.